The summed E-state index contributed by atoms with van der Waals surface area (Å²) in [7, 11) is 0. The molecule has 6 heteroatoms. The van der Waals surface area contributed by atoms with E-state index in [2.05, 4.69) is 5.32 Å². The fraction of sp³-hybridized carbons (Fsp3) is 0.833. The van der Waals surface area contributed by atoms with Crippen molar-refractivity contribution < 1.29 is 14.3 Å². The Morgan fingerprint density at radius 2 is 2.11 bits per heavy atom. The topological polar surface area (TPSA) is 84.7 Å². The van der Waals surface area contributed by atoms with Crippen molar-refractivity contribution in [2.45, 2.75) is 39.2 Å². The third-order valence-electron chi connectivity index (χ3n) is 2.74. The second-order valence-corrected chi connectivity index (χ2v) is 5.68. The molecule has 1 atom stereocenters. The number of hydrogen-bond donors (Lipinski definition) is 2. The van der Waals surface area contributed by atoms with E-state index in [9.17, 15) is 9.59 Å². The third kappa shape index (κ3) is 5.25. The molecule has 3 amide bonds. The van der Waals surface area contributed by atoms with Crippen LogP contribution in [0.5, 0.6) is 0 Å². The molecule has 3 N–H and O–H groups in total. The van der Waals surface area contributed by atoms with Gasteiger partial charge >= 0.3 is 12.1 Å². The number of nitrogens with two attached hydrogens (primary N) is 1. The van der Waals surface area contributed by atoms with Gasteiger partial charge in [0, 0.05) is 19.6 Å². The molecule has 0 aromatic carbocycles. The van der Waals surface area contributed by atoms with Gasteiger partial charge in [-0.2, -0.15) is 0 Å². The zero-order valence-electron chi connectivity index (χ0n) is 11.4. The minimum atomic E-state index is -0.524. The normalized spacial score (nSPS) is 20.4. The van der Waals surface area contributed by atoms with Crippen LogP contribution in [-0.4, -0.2) is 42.3 Å². The fourth-order valence-corrected chi connectivity index (χ4v) is 1.97. The zero-order valence-corrected chi connectivity index (χ0v) is 11.4. The molecule has 0 aromatic rings. The van der Waals surface area contributed by atoms with Crippen LogP contribution < -0.4 is 11.1 Å². The van der Waals surface area contributed by atoms with Gasteiger partial charge in [-0.1, -0.05) is 0 Å². The summed E-state index contributed by atoms with van der Waals surface area (Å²) in [6, 6.07) is -0.524. The molecule has 1 aliphatic heterocycles. The fourth-order valence-electron chi connectivity index (χ4n) is 1.97. The first-order valence-corrected chi connectivity index (χ1v) is 6.29. The summed E-state index contributed by atoms with van der Waals surface area (Å²) < 4.78 is 5.33. The van der Waals surface area contributed by atoms with Crippen LogP contribution in [0.1, 0.15) is 33.6 Å². The van der Waals surface area contributed by atoms with E-state index in [4.69, 9.17) is 10.5 Å². The molecule has 0 saturated carbocycles. The number of ether oxygens (including phenoxy) is 1. The number of carbonyl (C=O) groups is 2. The predicted octanol–water partition coefficient (Wildman–Crippen LogP) is 1.30. The van der Waals surface area contributed by atoms with Crippen molar-refractivity contribution in [1.29, 1.82) is 0 Å². The van der Waals surface area contributed by atoms with E-state index >= 15 is 0 Å². The molecule has 0 aromatic heterocycles. The Kier molecular flexibility index (Phi) is 4.81. The molecule has 1 fully saturated rings. The maximum absolute atomic E-state index is 11.9. The van der Waals surface area contributed by atoms with Crippen molar-refractivity contribution in [2.24, 2.45) is 11.7 Å². The van der Waals surface area contributed by atoms with Crippen LogP contribution in [0, 0.1) is 5.92 Å². The summed E-state index contributed by atoms with van der Waals surface area (Å²) in [5, 5.41) is 2.58. The van der Waals surface area contributed by atoms with Gasteiger partial charge in [-0.05, 0) is 39.5 Å². The lowest BCUT2D eigenvalue weighted by Gasteiger charge is -2.34. The molecule has 1 rings (SSSR count). The Morgan fingerprint density at radius 3 is 2.67 bits per heavy atom. The van der Waals surface area contributed by atoms with E-state index in [0.717, 1.165) is 12.8 Å². The van der Waals surface area contributed by atoms with Gasteiger partial charge in [0.15, 0.2) is 0 Å². The Labute approximate surface area is 108 Å². The smallest absolute Gasteiger partial charge is 0.410 e. The van der Waals surface area contributed by atoms with Crippen molar-refractivity contribution in [3.05, 3.63) is 0 Å². The zero-order chi connectivity index (χ0) is 13.8. The predicted molar refractivity (Wildman–Crippen MR) is 68.1 cm³/mol. The molecule has 1 aliphatic rings. The quantitative estimate of drug-likeness (QED) is 0.782. The molecule has 1 heterocycles. The number of piperidine rings is 1. The van der Waals surface area contributed by atoms with Gasteiger partial charge in [-0.3, -0.25) is 0 Å². The third-order valence-corrected chi connectivity index (χ3v) is 2.74. The summed E-state index contributed by atoms with van der Waals surface area (Å²) in [4.78, 5) is 24.2. The van der Waals surface area contributed by atoms with Crippen molar-refractivity contribution in [2.75, 3.05) is 19.6 Å². The molecule has 1 saturated heterocycles. The lowest BCUT2D eigenvalue weighted by atomic mass is 9.98. The molecule has 0 bridgehead atoms. The highest BCUT2D eigenvalue weighted by Crippen LogP contribution is 2.18. The molecular formula is C12H23N3O3. The second-order valence-electron chi connectivity index (χ2n) is 5.68. The Hall–Kier alpha value is -1.46. The van der Waals surface area contributed by atoms with Gasteiger partial charge in [-0.25, -0.2) is 9.59 Å². The molecule has 0 unspecified atom stereocenters. The van der Waals surface area contributed by atoms with Crippen LogP contribution in [0.15, 0.2) is 0 Å². The number of urea groups is 1. The Morgan fingerprint density at radius 1 is 1.44 bits per heavy atom. The molecule has 0 aliphatic carbocycles. The summed E-state index contributed by atoms with van der Waals surface area (Å²) in [5.41, 5.74) is 4.56. The van der Waals surface area contributed by atoms with Crippen LogP contribution in [0.2, 0.25) is 0 Å². The number of nitrogens with one attached hydrogen (secondary N) is 1. The number of primary amides is 1. The van der Waals surface area contributed by atoms with E-state index in [1.807, 2.05) is 20.8 Å². The van der Waals surface area contributed by atoms with Crippen molar-refractivity contribution in [1.82, 2.24) is 10.2 Å². The lowest BCUT2D eigenvalue weighted by Crippen LogP contribution is -2.46. The molecule has 0 spiro atoms. The van der Waals surface area contributed by atoms with Crippen LogP contribution in [0.4, 0.5) is 9.59 Å². The highest BCUT2D eigenvalue weighted by Gasteiger charge is 2.27. The highest BCUT2D eigenvalue weighted by atomic mass is 16.6. The maximum Gasteiger partial charge on any atom is 0.410 e. The number of amides is 3. The first-order chi connectivity index (χ1) is 8.28. The largest absolute Gasteiger partial charge is 0.444 e. The van der Waals surface area contributed by atoms with Crippen LogP contribution >= 0.6 is 0 Å². The highest BCUT2D eigenvalue weighted by molar-refractivity contribution is 5.71. The SMILES string of the molecule is CC(C)(C)OC(=O)N1CCC[C@H](CNC(N)=O)C1. The number of nitrogens with zero attached hydrogens (tertiary/aromatic N) is 1. The van der Waals surface area contributed by atoms with Crippen LogP contribution in [0.3, 0.4) is 0 Å². The van der Waals surface area contributed by atoms with E-state index in [-0.39, 0.29) is 12.0 Å². The number of rotatable bonds is 2. The molecule has 0 radical (unpaired) electrons. The first-order valence-electron chi connectivity index (χ1n) is 6.29. The van der Waals surface area contributed by atoms with Gasteiger partial charge in [0.1, 0.15) is 5.60 Å². The standard InChI is InChI=1S/C12H23N3O3/c1-12(2,3)18-11(17)15-6-4-5-9(8-15)7-14-10(13)16/h9H,4-8H2,1-3H3,(H3,13,14,16)/t9-/m1/s1. The summed E-state index contributed by atoms with van der Waals surface area (Å²) in [6.07, 6.45) is 1.62. The van der Waals surface area contributed by atoms with Crippen molar-refractivity contribution >= 4 is 12.1 Å². The second kappa shape index (κ2) is 5.93. The summed E-state index contributed by atoms with van der Waals surface area (Å²) >= 11 is 0. The summed E-state index contributed by atoms with van der Waals surface area (Å²) in [5.74, 6) is 0.249. The molecule has 6 nitrogen and oxygen atoms in total. The number of hydrogen-bond acceptors (Lipinski definition) is 3. The minimum Gasteiger partial charge on any atom is -0.444 e. The number of carbonyl (C=O) groups excluding carboxylic acids is 2. The van der Waals surface area contributed by atoms with Gasteiger partial charge in [0.05, 0.1) is 0 Å². The Balaban J connectivity index is 2.43. The lowest BCUT2D eigenvalue weighted by molar-refractivity contribution is 0.0168. The van der Waals surface area contributed by atoms with Gasteiger partial charge in [-0.15, -0.1) is 0 Å². The summed E-state index contributed by atoms with van der Waals surface area (Å²) in [6.45, 7) is 7.37. The molecule has 18 heavy (non-hydrogen) atoms. The van der Waals surface area contributed by atoms with E-state index in [1.54, 1.807) is 4.90 Å². The number of likely N-dealkylation sites (tertiary alicyclic amines) is 1. The van der Waals surface area contributed by atoms with E-state index < -0.39 is 11.6 Å². The van der Waals surface area contributed by atoms with Crippen LogP contribution in [0.25, 0.3) is 0 Å². The average molecular weight is 257 g/mol. The first kappa shape index (κ1) is 14.6. The monoisotopic (exact) mass is 257 g/mol. The maximum atomic E-state index is 11.9. The molecular weight excluding hydrogens is 234 g/mol. The van der Waals surface area contributed by atoms with Gasteiger partial charge in [0.2, 0.25) is 0 Å². The van der Waals surface area contributed by atoms with E-state index in [1.165, 1.54) is 0 Å². The van der Waals surface area contributed by atoms with Crippen molar-refractivity contribution in [3.8, 4) is 0 Å². The average Bonchev–Trinajstić information content (AvgIpc) is 2.24. The van der Waals surface area contributed by atoms with E-state index in [0.29, 0.717) is 19.6 Å². The van der Waals surface area contributed by atoms with Gasteiger partial charge in [0.25, 0.3) is 0 Å². The minimum absolute atomic E-state index is 0.249. The van der Waals surface area contributed by atoms with Crippen molar-refractivity contribution in [3.63, 3.8) is 0 Å². The Bertz CT molecular complexity index is 312. The molecule has 104 valence electrons. The van der Waals surface area contributed by atoms with Crippen LogP contribution in [-0.2, 0) is 4.74 Å². The van der Waals surface area contributed by atoms with Gasteiger partial charge < -0.3 is 20.7 Å².